The molecule has 2 aromatic carbocycles. The lowest BCUT2D eigenvalue weighted by atomic mass is 9.87. The van der Waals surface area contributed by atoms with Crippen molar-refractivity contribution in [2.45, 2.75) is 32.7 Å². The highest BCUT2D eigenvalue weighted by molar-refractivity contribution is 5.86. The normalized spacial score (nSPS) is 15.0. The first-order valence-corrected chi connectivity index (χ1v) is 11.5. The van der Waals surface area contributed by atoms with Gasteiger partial charge in [-0.15, -0.1) is 0 Å². The third kappa shape index (κ3) is 4.87. The second-order valence-electron chi connectivity index (χ2n) is 8.26. The smallest absolute Gasteiger partial charge is 0.409 e. The van der Waals surface area contributed by atoms with Crippen LogP contribution >= 0.6 is 0 Å². The number of fused-ring (bicyclic) bond motifs is 1. The van der Waals surface area contributed by atoms with Gasteiger partial charge in [0.1, 0.15) is 5.82 Å². The molecule has 1 aromatic heterocycles. The highest BCUT2D eigenvalue weighted by atomic mass is 19.1. The van der Waals surface area contributed by atoms with Crippen LogP contribution in [-0.2, 0) is 16.1 Å². The summed E-state index contributed by atoms with van der Waals surface area (Å²) in [6.07, 6.45) is 2.06. The number of carbonyl (C=O) groups is 2. The van der Waals surface area contributed by atoms with Crippen LogP contribution in [0.2, 0.25) is 0 Å². The number of aryl methyl sites for hydroxylation is 1. The van der Waals surface area contributed by atoms with Gasteiger partial charge in [-0.05, 0) is 43.2 Å². The quantitative estimate of drug-likeness (QED) is 0.549. The Bertz CT molecular complexity index is 1120. The summed E-state index contributed by atoms with van der Waals surface area (Å²) >= 11 is 0. The van der Waals surface area contributed by atoms with Crippen molar-refractivity contribution in [3.05, 3.63) is 71.7 Å². The molecule has 7 heteroatoms. The number of nitrogens with zero attached hydrogens (tertiary/aromatic N) is 3. The summed E-state index contributed by atoms with van der Waals surface area (Å²) in [6, 6.07) is 14.6. The van der Waals surface area contributed by atoms with Crippen LogP contribution in [0.4, 0.5) is 9.18 Å². The number of aromatic nitrogens is 1. The van der Waals surface area contributed by atoms with Crippen molar-refractivity contribution in [3.63, 3.8) is 0 Å². The number of hydrogen-bond acceptors (Lipinski definition) is 3. The van der Waals surface area contributed by atoms with Gasteiger partial charge in [0.2, 0.25) is 5.91 Å². The number of amides is 2. The maximum Gasteiger partial charge on any atom is 0.409 e. The first kappa shape index (κ1) is 22.8. The minimum Gasteiger partial charge on any atom is -0.450 e. The fourth-order valence-corrected chi connectivity index (χ4v) is 4.57. The number of para-hydroxylation sites is 1. The summed E-state index contributed by atoms with van der Waals surface area (Å²) in [4.78, 5) is 28.8. The molecule has 0 radical (unpaired) electrons. The van der Waals surface area contributed by atoms with Gasteiger partial charge in [0.25, 0.3) is 0 Å². The molecule has 0 aliphatic carbocycles. The molecule has 1 saturated heterocycles. The van der Waals surface area contributed by atoms with Gasteiger partial charge < -0.3 is 19.1 Å². The number of hydrogen-bond donors (Lipinski definition) is 0. The Morgan fingerprint density at radius 3 is 2.30 bits per heavy atom. The van der Waals surface area contributed by atoms with Crippen LogP contribution in [0.25, 0.3) is 10.9 Å². The zero-order chi connectivity index (χ0) is 23.4. The van der Waals surface area contributed by atoms with E-state index in [-0.39, 0.29) is 30.2 Å². The molecule has 3 aromatic rings. The van der Waals surface area contributed by atoms with Crippen molar-refractivity contribution < 1.29 is 18.7 Å². The third-order valence-electron chi connectivity index (χ3n) is 6.35. The molecule has 1 unspecified atom stereocenters. The van der Waals surface area contributed by atoms with Gasteiger partial charge >= 0.3 is 6.09 Å². The highest BCUT2D eigenvalue weighted by Gasteiger charge is 2.28. The predicted octanol–water partition coefficient (Wildman–Crippen LogP) is 4.62. The van der Waals surface area contributed by atoms with Crippen molar-refractivity contribution in [2.24, 2.45) is 0 Å². The molecule has 0 saturated carbocycles. The molecule has 2 heterocycles. The number of rotatable bonds is 6. The number of benzene rings is 2. The molecular formula is C26H30FN3O3. The van der Waals surface area contributed by atoms with E-state index in [2.05, 4.69) is 29.8 Å². The minimum atomic E-state index is -0.332. The monoisotopic (exact) mass is 451 g/mol. The lowest BCUT2D eigenvalue weighted by Crippen LogP contribution is -2.50. The molecule has 0 spiro atoms. The molecule has 1 aliphatic heterocycles. The van der Waals surface area contributed by atoms with E-state index >= 15 is 0 Å². The van der Waals surface area contributed by atoms with E-state index in [9.17, 15) is 14.0 Å². The second-order valence-corrected chi connectivity index (χ2v) is 8.26. The molecular weight excluding hydrogens is 421 g/mol. The van der Waals surface area contributed by atoms with E-state index in [1.165, 1.54) is 12.1 Å². The molecule has 0 N–H and O–H groups in total. The second kappa shape index (κ2) is 10.1. The minimum absolute atomic E-state index is 0.0289. The van der Waals surface area contributed by atoms with Crippen molar-refractivity contribution in [3.8, 4) is 0 Å². The topological polar surface area (TPSA) is 54.8 Å². The van der Waals surface area contributed by atoms with E-state index in [1.54, 1.807) is 24.0 Å². The van der Waals surface area contributed by atoms with E-state index in [1.807, 2.05) is 17.0 Å². The zero-order valence-electron chi connectivity index (χ0n) is 19.2. The number of ether oxygens (including phenoxy) is 1. The Hall–Kier alpha value is -3.35. The van der Waals surface area contributed by atoms with Crippen molar-refractivity contribution in [1.82, 2.24) is 14.4 Å². The van der Waals surface area contributed by atoms with E-state index in [4.69, 9.17) is 4.74 Å². The molecule has 6 nitrogen and oxygen atoms in total. The molecule has 4 rings (SSSR count). The summed E-state index contributed by atoms with van der Waals surface area (Å²) in [5.41, 5.74) is 3.10. The fourth-order valence-electron chi connectivity index (χ4n) is 4.57. The first-order chi connectivity index (χ1) is 16.0. The number of halogens is 1. The molecule has 0 bridgehead atoms. The average molecular weight is 452 g/mol. The van der Waals surface area contributed by atoms with E-state index < -0.39 is 0 Å². The van der Waals surface area contributed by atoms with Gasteiger partial charge in [-0.25, -0.2) is 9.18 Å². The van der Waals surface area contributed by atoms with Crippen molar-refractivity contribution in [2.75, 3.05) is 32.8 Å². The first-order valence-electron chi connectivity index (χ1n) is 11.5. The molecule has 174 valence electrons. The van der Waals surface area contributed by atoms with Crippen molar-refractivity contribution >= 4 is 22.9 Å². The van der Waals surface area contributed by atoms with Gasteiger partial charge in [0, 0.05) is 62.2 Å². The number of piperazine rings is 1. The van der Waals surface area contributed by atoms with Crippen LogP contribution in [-0.4, -0.2) is 59.2 Å². The zero-order valence-corrected chi connectivity index (χ0v) is 19.2. The molecule has 33 heavy (non-hydrogen) atoms. The van der Waals surface area contributed by atoms with Crippen LogP contribution in [0.15, 0.2) is 54.7 Å². The van der Waals surface area contributed by atoms with Crippen molar-refractivity contribution in [1.29, 1.82) is 0 Å². The summed E-state index contributed by atoms with van der Waals surface area (Å²) in [5, 5.41) is 1.11. The molecule has 2 amide bonds. The van der Waals surface area contributed by atoms with Crippen LogP contribution in [0.3, 0.4) is 0 Å². The molecule has 1 aliphatic rings. The molecule has 1 fully saturated rings. The van der Waals surface area contributed by atoms with Gasteiger partial charge in [-0.2, -0.15) is 0 Å². The summed E-state index contributed by atoms with van der Waals surface area (Å²) < 4.78 is 20.9. The van der Waals surface area contributed by atoms with E-state index in [0.717, 1.165) is 28.6 Å². The molecule has 1 atom stereocenters. The Kier molecular flexibility index (Phi) is 6.96. The van der Waals surface area contributed by atoms with Gasteiger partial charge in [-0.3, -0.25) is 4.79 Å². The maximum absolute atomic E-state index is 13.7. The number of carbonyl (C=O) groups excluding carboxylic acids is 2. The summed E-state index contributed by atoms with van der Waals surface area (Å²) in [7, 11) is 0. The van der Waals surface area contributed by atoms with Crippen LogP contribution in [0.1, 0.15) is 37.3 Å². The van der Waals surface area contributed by atoms with Crippen LogP contribution in [0.5, 0.6) is 0 Å². The van der Waals surface area contributed by atoms with Gasteiger partial charge in [0.05, 0.1) is 6.61 Å². The fraction of sp³-hybridized carbons (Fsp3) is 0.385. The largest absolute Gasteiger partial charge is 0.450 e. The maximum atomic E-state index is 13.7. The lowest BCUT2D eigenvalue weighted by Gasteiger charge is -2.34. The lowest BCUT2D eigenvalue weighted by molar-refractivity contribution is -0.133. The Morgan fingerprint density at radius 1 is 0.970 bits per heavy atom. The summed E-state index contributed by atoms with van der Waals surface area (Å²) in [6.45, 7) is 6.90. The predicted molar refractivity (Wildman–Crippen MR) is 126 cm³/mol. The van der Waals surface area contributed by atoms with Crippen LogP contribution < -0.4 is 0 Å². The van der Waals surface area contributed by atoms with Crippen LogP contribution in [0, 0.1) is 5.82 Å². The summed E-state index contributed by atoms with van der Waals surface area (Å²) in [5.74, 6) is -0.463. The van der Waals surface area contributed by atoms with Gasteiger partial charge in [-0.1, -0.05) is 30.3 Å². The SMILES string of the molecule is CCOC(=O)N1CCN(C(=O)CC(c2ccc(F)cc2)c2cn(CC)c3ccccc23)CC1. The highest BCUT2D eigenvalue weighted by Crippen LogP contribution is 2.35. The van der Waals surface area contributed by atoms with Gasteiger partial charge in [0.15, 0.2) is 0 Å². The van der Waals surface area contributed by atoms with E-state index in [0.29, 0.717) is 32.8 Å². The Balaban J connectivity index is 1.59. The standard InChI is InChI=1S/C26H30FN3O3/c1-3-28-18-23(21-7-5-6-8-24(21)28)22(19-9-11-20(27)12-10-19)17-25(31)29-13-15-30(16-14-29)26(32)33-4-2/h5-12,18,22H,3-4,13-17H2,1-2H3. The third-order valence-corrected chi connectivity index (χ3v) is 6.35. The Morgan fingerprint density at radius 2 is 1.64 bits per heavy atom. The average Bonchev–Trinajstić information content (AvgIpc) is 3.22. The Labute approximate surface area is 193 Å².